The third kappa shape index (κ3) is 4.81. The van der Waals surface area contributed by atoms with Crippen LogP contribution in [0.5, 0.6) is 11.5 Å². The fourth-order valence-electron chi connectivity index (χ4n) is 4.36. The molecule has 4 aromatic heterocycles. The molecule has 204 valence electrons. The van der Waals surface area contributed by atoms with Gasteiger partial charge in [0.05, 0.1) is 19.9 Å². The quantitative estimate of drug-likeness (QED) is 0.272. The summed E-state index contributed by atoms with van der Waals surface area (Å²) in [5.74, 6) is 2.01. The molecular formula is C26H28N6O6S. The van der Waals surface area contributed by atoms with E-state index < -0.39 is 21.4 Å². The summed E-state index contributed by atoms with van der Waals surface area (Å²) in [5.41, 5.74) is 1.54. The van der Waals surface area contributed by atoms with Gasteiger partial charge < -0.3 is 23.0 Å². The molecule has 1 aromatic carbocycles. The molecule has 1 N–H and O–H groups in total. The van der Waals surface area contributed by atoms with E-state index in [9.17, 15) is 8.42 Å². The monoisotopic (exact) mass is 552 g/mol. The van der Waals surface area contributed by atoms with Crippen molar-refractivity contribution < 1.29 is 27.0 Å². The Labute approximate surface area is 225 Å². The lowest BCUT2D eigenvalue weighted by Crippen LogP contribution is -2.33. The number of ether oxygens (including phenoxy) is 3. The molecule has 0 spiro atoms. The van der Waals surface area contributed by atoms with Crippen LogP contribution in [-0.2, 0) is 14.8 Å². The van der Waals surface area contributed by atoms with E-state index in [0.29, 0.717) is 40.0 Å². The number of hydrogen-bond donors (Lipinski definition) is 1. The Morgan fingerprint density at radius 2 is 1.72 bits per heavy atom. The maximum absolute atomic E-state index is 13.7. The van der Waals surface area contributed by atoms with Crippen LogP contribution in [0.3, 0.4) is 0 Å². The Morgan fingerprint density at radius 1 is 0.974 bits per heavy atom. The van der Waals surface area contributed by atoms with Crippen LogP contribution in [0.1, 0.15) is 24.5 Å². The fraction of sp³-hybridized carbons (Fsp3) is 0.269. The minimum atomic E-state index is -4.10. The zero-order valence-corrected chi connectivity index (χ0v) is 22.8. The molecule has 39 heavy (non-hydrogen) atoms. The summed E-state index contributed by atoms with van der Waals surface area (Å²) in [6.07, 6.45) is 2.71. The number of furan rings is 1. The number of pyridine rings is 1. The van der Waals surface area contributed by atoms with Crippen molar-refractivity contribution in [2.45, 2.75) is 25.2 Å². The molecule has 0 aliphatic heterocycles. The normalized spacial score (nSPS) is 13.4. The molecule has 4 heterocycles. The maximum Gasteiger partial charge on any atom is 0.243 e. The van der Waals surface area contributed by atoms with Crippen LogP contribution in [-0.4, -0.2) is 59.1 Å². The number of aryl methyl sites for hydroxylation is 1. The largest absolute Gasteiger partial charge is 0.494 e. The van der Waals surface area contributed by atoms with Crippen molar-refractivity contribution in [1.82, 2.24) is 24.1 Å². The fourth-order valence-corrected chi connectivity index (χ4v) is 5.50. The molecule has 2 atom stereocenters. The first-order valence-corrected chi connectivity index (χ1v) is 13.5. The van der Waals surface area contributed by atoms with Crippen molar-refractivity contribution in [2.24, 2.45) is 0 Å². The summed E-state index contributed by atoms with van der Waals surface area (Å²) in [4.78, 5) is 4.55. The minimum Gasteiger partial charge on any atom is -0.494 e. The number of nitrogens with one attached hydrogen (secondary N) is 1. The molecule has 13 heteroatoms. The van der Waals surface area contributed by atoms with Crippen LogP contribution in [0.25, 0.3) is 22.9 Å². The smallest absolute Gasteiger partial charge is 0.243 e. The van der Waals surface area contributed by atoms with Crippen molar-refractivity contribution in [3.8, 4) is 28.8 Å². The van der Waals surface area contributed by atoms with E-state index in [1.54, 1.807) is 54.8 Å². The summed E-state index contributed by atoms with van der Waals surface area (Å²) in [7, 11) is 0.348. The van der Waals surface area contributed by atoms with E-state index in [-0.39, 0.29) is 11.8 Å². The van der Waals surface area contributed by atoms with E-state index in [1.165, 1.54) is 25.9 Å². The van der Waals surface area contributed by atoms with Gasteiger partial charge in [-0.2, -0.15) is 0 Å². The van der Waals surface area contributed by atoms with Gasteiger partial charge in [-0.1, -0.05) is 12.1 Å². The maximum atomic E-state index is 13.7. The molecule has 0 aliphatic carbocycles. The van der Waals surface area contributed by atoms with E-state index in [4.69, 9.17) is 18.6 Å². The average molecular weight is 553 g/mol. The van der Waals surface area contributed by atoms with Crippen molar-refractivity contribution in [2.75, 3.05) is 26.1 Å². The molecular weight excluding hydrogens is 524 g/mol. The SMILES string of the molecule is COc1cccc(OC)c1-n1c(NS(=O)(=O)[C@@H](C)[C@H](OC)c2cn3ccccc3n2)nnc1-c1ccc(C)o1. The van der Waals surface area contributed by atoms with Gasteiger partial charge in [-0.25, -0.2) is 13.4 Å². The van der Waals surface area contributed by atoms with Gasteiger partial charge in [0.15, 0.2) is 5.76 Å². The van der Waals surface area contributed by atoms with E-state index in [1.807, 2.05) is 24.4 Å². The van der Waals surface area contributed by atoms with Gasteiger partial charge in [-0.3, -0.25) is 9.29 Å². The standard InChI is InChI=1S/C26H28N6O6S/c1-16-12-13-21(38-16)25-28-29-26(32(25)23-19(35-3)9-8-10-20(23)36-4)30-39(33,34)17(2)24(37-5)18-15-31-14-7-6-11-22(31)27-18/h6-15,17,24H,1-5H3,(H,29,30)/t17-,24-/m0/s1. The van der Waals surface area contributed by atoms with Crippen molar-refractivity contribution in [1.29, 1.82) is 0 Å². The average Bonchev–Trinajstić information content (AvgIpc) is 3.66. The second-order valence-corrected chi connectivity index (χ2v) is 10.8. The van der Waals surface area contributed by atoms with Crippen LogP contribution in [0, 0.1) is 6.92 Å². The van der Waals surface area contributed by atoms with Crippen LogP contribution in [0.2, 0.25) is 0 Å². The number of anilines is 1. The summed E-state index contributed by atoms with van der Waals surface area (Å²) in [5, 5.41) is 7.37. The zero-order chi connectivity index (χ0) is 27.7. The van der Waals surface area contributed by atoms with Gasteiger partial charge >= 0.3 is 0 Å². The van der Waals surface area contributed by atoms with Crippen LogP contribution < -0.4 is 14.2 Å². The van der Waals surface area contributed by atoms with E-state index in [2.05, 4.69) is 19.9 Å². The minimum absolute atomic E-state index is 0.0847. The molecule has 12 nitrogen and oxygen atoms in total. The van der Waals surface area contributed by atoms with Crippen LogP contribution >= 0.6 is 0 Å². The van der Waals surface area contributed by atoms with Crippen LogP contribution in [0.4, 0.5) is 5.95 Å². The lowest BCUT2D eigenvalue weighted by atomic mass is 10.2. The molecule has 0 saturated carbocycles. The van der Waals surface area contributed by atoms with E-state index >= 15 is 0 Å². The molecule has 0 unspecified atom stereocenters. The summed E-state index contributed by atoms with van der Waals surface area (Å²) in [6, 6.07) is 14.2. The molecule has 0 bridgehead atoms. The first-order valence-electron chi connectivity index (χ1n) is 12.0. The van der Waals surface area contributed by atoms with Crippen molar-refractivity contribution >= 4 is 21.6 Å². The zero-order valence-electron chi connectivity index (χ0n) is 22.0. The third-order valence-electron chi connectivity index (χ3n) is 6.33. The molecule has 0 saturated heterocycles. The van der Waals surface area contributed by atoms with Gasteiger partial charge in [-0.15, -0.1) is 10.2 Å². The molecule has 0 aliphatic rings. The predicted molar refractivity (Wildman–Crippen MR) is 144 cm³/mol. The van der Waals surface area contributed by atoms with Crippen molar-refractivity contribution in [3.63, 3.8) is 0 Å². The molecule has 0 radical (unpaired) electrons. The Kier molecular flexibility index (Phi) is 7.02. The van der Waals surface area contributed by atoms with Gasteiger partial charge in [0.25, 0.3) is 0 Å². The first-order chi connectivity index (χ1) is 18.8. The highest BCUT2D eigenvalue weighted by molar-refractivity contribution is 7.93. The Hall–Kier alpha value is -4.36. The number of hydrogen-bond acceptors (Lipinski definition) is 9. The number of sulfonamides is 1. The highest BCUT2D eigenvalue weighted by Crippen LogP contribution is 2.38. The number of methoxy groups -OCH3 is 3. The number of nitrogens with zero attached hydrogens (tertiary/aromatic N) is 5. The number of benzene rings is 1. The molecule has 0 fully saturated rings. The number of para-hydroxylation sites is 1. The van der Waals surface area contributed by atoms with Crippen LogP contribution in [0.15, 0.2) is 65.3 Å². The number of rotatable bonds is 10. The van der Waals surface area contributed by atoms with E-state index in [0.717, 1.165) is 0 Å². The highest BCUT2D eigenvalue weighted by Gasteiger charge is 2.35. The Morgan fingerprint density at radius 3 is 2.33 bits per heavy atom. The Bertz CT molecular complexity index is 1670. The molecule has 0 amide bonds. The van der Waals surface area contributed by atoms with Gasteiger partial charge in [-0.05, 0) is 50.2 Å². The highest BCUT2D eigenvalue weighted by atomic mass is 32.2. The summed E-state index contributed by atoms with van der Waals surface area (Å²) >= 11 is 0. The number of fused-ring (bicyclic) bond motifs is 1. The molecule has 5 aromatic rings. The first kappa shape index (κ1) is 26.3. The molecule has 5 rings (SSSR count). The lowest BCUT2D eigenvalue weighted by Gasteiger charge is -2.22. The second kappa shape index (κ2) is 10.4. The summed E-state index contributed by atoms with van der Waals surface area (Å²) in [6.45, 7) is 3.34. The predicted octanol–water partition coefficient (Wildman–Crippen LogP) is 4.02. The Balaban J connectivity index is 1.59. The third-order valence-corrected chi connectivity index (χ3v) is 8.02. The van der Waals surface area contributed by atoms with Gasteiger partial charge in [0.2, 0.25) is 21.8 Å². The number of imidazole rings is 1. The summed E-state index contributed by atoms with van der Waals surface area (Å²) < 4.78 is 56.0. The topological polar surface area (TPSA) is 135 Å². The van der Waals surface area contributed by atoms with Gasteiger partial charge in [0, 0.05) is 19.5 Å². The van der Waals surface area contributed by atoms with Crippen molar-refractivity contribution in [3.05, 3.63) is 72.4 Å². The lowest BCUT2D eigenvalue weighted by molar-refractivity contribution is 0.0993. The number of aromatic nitrogens is 5. The van der Waals surface area contributed by atoms with Gasteiger partial charge in [0.1, 0.15) is 39.9 Å². The second-order valence-electron chi connectivity index (χ2n) is 8.74.